The van der Waals surface area contributed by atoms with Gasteiger partial charge in [0, 0.05) is 18.2 Å². The Hall–Kier alpha value is -1.35. The standard InChI is InChI=1S/C17H28N2O/c1-3-4-5-6-7-8-9-17(20)19-16-12-10-15(11-13-16)14(2)18/h10-14H,3-9,18H2,1-2H3,(H,19,20). The zero-order chi connectivity index (χ0) is 14.8. The second kappa shape index (κ2) is 9.54. The maximum absolute atomic E-state index is 11.8. The molecular weight excluding hydrogens is 248 g/mol. The molecule has 0 spiro atoms. The Morgan fingerprint density at radius 2 is 1.70 bits per heavy atom. The molecule has 0 radical (unpaired) electrons. The average molecular weight is 276 g/mol. The summed E-state index contributed by atoms with van der Waals surface area (Å²) in [7, 11) is 0. The molecule has 3 N–H and O–H groups in total. The third-order valence-corrected chi connectivity index (χ3v) is 3.48. The Labute approximate surface area is 122 Å². The van der Waals surface area contributed by atoms with Crippen LogP contribution in [-0.4, -0.2) is 5.91 Å². The van der Waals surface area contributed by atoms with Gasteiger partial charge in [-0.1, -0.05) is 51.2 Å². The summed E-state index contributed by atoms with van der Waals surface area (Å²) < 4.78 is 0. The molecular formula is C17H28N2O. The van der Waals surface area contributed by atoms with E-state index in [4.69, 9.17) is 5.73 Å². The van der Waals surface area contributed by atoms with Crippen LogP contribution in [0.2, 0.25) is 0 Å². The molecule has 1 aromatic carbocycles. The van der Waals surface area contributed by atoms with E-state index in [1.165, 1.54) is 25.7 Å². The third kappa shape index (κ3) is 6.71. The number of hydrogen-bond acceptors (Lipinski definition) is 2. The summed E-state index contributed by atoms with van der Waals surface area (Å²) in [5.41, 5.74) is 7.73. The second-order valence-corrected chi connectivity index (χ2v) is 5.48. The van der Waals surface area contributed by atoms with Gasteiger partial charge in [-0.15, -0.1) is 0 Å². The van der Waals surface area contributed by atoms with E-state index in [1.807, 2.05) is 31.2 Å². The number of rotatable bonds is 9. The summed E-state index contributed by atoms with van der Waals surface area (Å²) in [6.45, 7) is 4.16. The molecule has 0 saturated heterocycles. The van der Waals surface area contributed by atoms with Gasteiger partial charge in [0.25, 0.3) is 0 Å². The van der Waals surface area contributed by atoms with Crippen LogP contribution in [0.3, 0.4) is 0 Å². The van der Waals surface area contributed by atoms with Gasteiger partial charge in [0.1, 0.15) is 0 Å². The van der Waals surface area contributed by atoms with E-state index in [0.29, 0.717) is 6.42 Å². The van der Waals surface area contributed by atoms with Crippen LogP contribution in [0.1, 0.15) is 70.4 Å². The molecule has 1 atom stereocenters. The van der Waals surface area contributed by atoms with Crippen molar-refractivity contribution >= 4 is 11.6 Å². The van der Waals surface area contributed by atoms with Crippen LogP contribution >= 0.6 is 0 Å². The van der Waals surface area contributed by atoms with Crippen molar-refractivity contribution in [2.75, 3.05) is 5.32 Å². The Morgan fingerprint density at radius 1 is 1.10 bits per heavy atom. The smallest absolute Gasteiger partial charge is 0.224 e. The van der Waals surface area contributed by atoms with E-state index in [-0.39, 0.29) is 11.9 Å². The fraction of sp³-hybridized carbons (Fsp3) is 0.588. The minimum Gasteiger partial charge on any atom is -0.326 e. The number of carbonyl (C=O) groups is 1. The molecule has 3 heteroatoms. The zero-order valence-electron chi connectivity index (χ0n) is 12.8. The van der Waals surface area contributed by atoms with Crippen molar-refractivity contribution in [3.05, 3.63) is 29.8 Å². The largest absolute Gasteiger partial charge is 0.326 e. The molecule has 0 fully saturated rings. The minimum atomic E-state index is 0.0304. The zero-order valence-corrected chi connectivity index (χ0v) is 12.8. The molecule has 112 valence electrons. The number of carbonyl (C=O) groups excluding carboxylic acids is 1. The summed E-state index contributed by atoms with van der Waals surface area (Å²) >= 11 is 0. The van der Waals surface area contributed by atoms with E-state index < -0.39 is 0 Å². The van der Waals surface area contributed by atoms with Crippen molar-refractivity contribution in [3.63, 3.8) is 0 Å². The molecule has 0 aliphatic carbocycles. The lowest BCUT2D eigenvalue weighted by molar-refractivity contribution is -0.116. The predicted octanol–water partition coefficient (Wildman–Crippen LogP) is 4.40. The van der Waals surface area contributed by atoms with Crippen LogP contribution in [0.5, 0.6) is 0 Å². The average Bonchev–Trinajstić information content (AvgIpc) is 2.43. The summed E-state index contributed by atoms with van der Waals surface area (Å²) in [6.07, 6.45) is 7.84. The number of nitrogens with two attached hydrogens (primary N) is 1. The molecule has 0 saturated carbocycles. The molecule has 1 unspecified atom stereocenters. The van der Waals surface area contributed by atoms with E-state index in [2.05, 4.69) is 12.2 Å². The molecule has 0 heterocycles. The highest BCUT2D eigenvalue weighted by Gasteiger charge is 2.03. The topological polar surface area (TPSA) is 55.1 Å². The first-order valence-electron chi connectivity index (χ1n) is 7.79. The van der Waals surface area contributed by atoms with Crippen LogP contribution < -0.4 is 11.1 Å². The Balaban J connectivity index is 2.21. The van der Waals surface area contributed by atoms with E-state index in [0.717, 1.165) is 24.1 Å². The molecule has 1 amide bonds. The number of benzene rings is 1. The second-order valence-electron chi connectivity index (χ2n) is 5.48. The van der Waals surface area contributed by atoms with Crippen LogP contribution in [0.25, 0.3) is 0 Å². The van der Waals surface area contributed by atoms with Crippen LogP contribution in [0.4, 0.5) is 5.69 Å². The van der Waals surface area contributed by atoms with Crippen LogP contribution in [0, 0.1) is 0 Å². The lowest BCUT2D eigenvalue weighted by Crippen LogP contribution is -2.11. The Bertz CT molecular complexity index is 384. The quantitative estimate of drug-likeness (QED) is 0.657. The fourth-order valence-electron chi connectivity index (χ4n) is 2.16. The van der Waals surface area contributed by atoms with Crippen molar-refractivity contribution in [3.8, 4) is 0 Å². The van der Waals surface area contributed by atoms with Crippen LogP contribution in [-0.2, 0) is 4.79 Å². The molecule has 0 aromatic heterocycles. The highest BCUT2D eigenvalue weighted by molar-refractivity contribution is 5.90. The SMILES string of the molecule is CCCCCCCCC(=O)Nc1ccc(C(C)N)cc1. The van der Waals surface area contributed by atoms with Gasteiger partial charge in [0.2, 0.25) is 5.91 Å². The number of unbranched alkanes of at least 4 members (excludes halogenated alkanes) is 5. The number of amides is 1. The lowest BCUT2D eigenvalue weighted by Gasteiger charge is -2.08. The molecule has 0 bridgehead atoms. The fourth-order valence-corrected chi connectivity index (χ4v) is 2.16. The van der Waals surface area contributed by atoms with Gasteiger partial charge < -0.3 is 11.1 Å². The maximum atomic E-state index is 11.8. The third-order valence-electron chi connectivity index (χ3n) is 3.48. The maximum Gasteiger partial charge on any atom is 0.224 e. The van der Waals surface area contributed by atoms with E-state index in [9.17, 15) is 4.79 Å². The molecule has 0 aliphatic heterocycles. The number of hydrogen-bond donors (Lipinski definition) is 2. The minimum absolute atomic E-state index is 0.0304. The molecule has 20 heavy (non-hydrogen) atoms. The van der Waals surface area contributed by atoms with Gasteiger partial charge in [-0.3, -0.25) is 4.79 Å². The Morgan fingerprint density at radius 3 is 2.30 bits per heavy atom. The molecule has 1 aromatic rings. The van der Waals surface area contributed by atoms with Gasteiger partial charge in [0.15, 0.2) is 0 Å². The summed E-state index contributed by atoms with van der Waals surface area (Å²) in [6, 6.07) is 7.79. The summed E-state index contributed by atoms with van der Waals surface area (Å²) in [4.78, 5) is 11.8. The number of nitrogens with one attached hydrogen (secondary N) is 1. The van der Waals surface area contributed by atoms with E-state index >= 15 is 0 Å². The normalized spacial score (nSPS) is 12.2. The number of anilines is 1. The van der Waals surface area contributed by atoms with Crippen molar-refractivity contribution in [2.24, 2.45) is 5.73 Å². The van der Waals surface area contributed by atoms with Crippen molar-refractivity contribution in [2.45, 2.75) is 64.8 Å². The monoisotopic (exact) mass is 276 g/mol. The molecule has 3 nitrogen and oxygen atoms in total. The first-order valence-corrected chi connectivity index (χ1v) is 7.79. The van der Waals surface area contributed by atoms with Crippen molar-refractivity contribution < 1.29 is 4.79 Å². The van der Waals surface area contributed by atoms with Gasteiger partial charge in [-0.2, -0.15) is 0 Å². The summed E-state index contributed by atoms with van der Waals surface area (Å²) in [5.74, 6) is 0.106. The highest BCUT2D eigenvalue weighted by atomic mass is 16.1. The predicted molar refractivity (Wildman–Crippen MR) is 85.7 cm³/mol. The first-order chi connectivity index (χ1) is 9.63. The first kappa shape index (κ1) is 16.7. The lowest BCUT2D eigenvalue weighted by atomic mass is 10.1. The van der Waals surface area contributed by atoms with Crippen molar-refractivity contribution in [1.29, 1.82) is 0 Å². The highest BCUT2D eigenvalue weighted by Crippen LogP contribution is 2.15. The Kier molecular flexibility index (Phi) is 7.97. The molecule has 1 rings (SSSR count). The van der Waals surface area contributed by atoms with Gasteiger partial charge in [0.05, 0.1) is 0 Å². The summed E-state index contributed by atoms with van der Waals surface area (Å²) in [5, 5.41) is 2.93. The van der Waals surface area contributed by atoms with Gasteiger partial charge in [-0.25, -0.2) is 0 Å². The van der Waals surface area contributed by atoms with Crippen molar-refractivity contribution in [1.82, 2.24) is 0 Å². The van der Waals surface area contributed by atoms with Gasteiger partial charge in [-0.05, 0) is 31.0 Å². The van der Waals surface area contributed by atoms with E-state index in [1.54, 1.807) is 0 Å². The van der Waals surface area contributed by atoms with Gasteiger partial charge >= 0.3 is 0 Å². The van der Waals surface area contributed by atoms with Crippen LogP contribution in [0.15, 0.2) is 24.3 Å². The molecule has 0 aliphatic rings.